The van der Waals surface area contributed by atoms with E-state index in [9.17, 15) is 5.11 Å². The third-order valence-electron chi connectivity index (χ3n) is 3.41. The lowest BCUT2D eigenvalue weighted by atomic mass is 9.92. The van der Waals surface area contributed by atoms with Crippen LogP contribution in [0, 0.1) is 20.8 Å². The SMILES string of the molecule is Cc1cc(C)c(C(O)Cc2ccc(Br)cc2)c(C)c1. The van der Waals surface area contributed by atoms with E-state index in [2.05, 4.69) is 48.8 Å². The molecule has 2 heteroatoms. The molecule has 2 rings (SSSR count). The van der Waals surface area contributed by atoms with Gasteiger partial charge in [-0.3, -0.25) is 0 Å². The molecule has 1 N–H and O–H groups in total. The first-order valence-electron chi connectivity index (χ1n) is 6.47. The first-order chi connectivity index (χ1) is 8.97. The molecule has 0 aliphatic carbocycles. The summed E-state index contributed by atoms with van der Waals surface area (Å²) in [6.07, 6.45) is 0.208. The largest absolute Gasteiger partial charge is 0.388 e. The molecule has 100 valence electrons. The molecule has 0 aromatic heterocycles. The number of hydrogen-bond acceptors (Lipinski definition) is 1. The summed E-state index contributed by atoms with van der Waals surface area (Å²) in [5.74, 6) is 0. The molecule has 0 aliphatic heterocycles. The summed E-state index contributed by atoms with van der Waals surface area (Å²) in [4.78, 5) is 0. The van der Waals surface area contributed by atoms with Gasteiger partial charge in [-0.25, -0.2) is 0 Å². The van der Waals surface area contributed by atoms with Crippen molar-refractivity contribution in [3.05, 3.63) is 68.7 Å². The summed E-state index contributed by atoms with van der Waals surface area (Å²) < 4.78 is 1.06. The monoisotopic (exact) mass is 318 g/mol. The molecule has 1 atom stereocenters. The fourth-order valence-electron chi connectivity index (χ4n) is 2.66. The van der Waals surface area contributed by atoms with Crippen LogP contribution in [0.5, 0.6) is 0 Å². The van der Waals surface area contributed by atoms with E-state index in [1.807, 2.05) is 24.3 Å². The smallest absolute Gasteiger partial charge is 0.0835 e. The van der Waals surface area contributed by atoms with E-state index in [0.29, 0.717) is 6.42 Å². The van der Waals surface area contributed by atoms with E-state index in [1.165, 1.54) is 16.7 Å². The van der Waals surface area contributed by atoms with Crippen LogP contribution in [0.2, 0.25) is 0 Å². The predicted molar refractivity (Wildman–Crippen MR) is 83.5 cm³/mol. The average Bonchev–Trinajstić information content (AvgIpc) is 2.30. The number of aliphatic hydroxyl groups excluding tert-OH is 1. The Morgan fingerprint density at radius 2 is 1.53 bits per heavy atom. The Labute approximate surface area is 123 Å². The number of hydrogen-bond donors (Lipinski definition) is 1. The molecule has 0 heterocycles. The van der Waals surface area contributed by atoms with Crippen molar-refractivity contribution in [2.24, 2.45) is 0 Å². The molecule has 0 aliphatic rings. The van der Waals surface area contributed by atoms with E-state index < -0.39 is 6.10 Å². The molecular formula is C17H19BrO. The number of aryl methyl sites for hydroxylation is 3. The lowest BCUT2D eigenvalue weighted by Crippen LogP contribution is -2.06. The molecule has 0 radical (unpaired) electrons. The van der Waals surface area contributed by atoms with Crippen LogP contribution >= 0.6 is 15.9 Å². The van der Waals surface area contributed by atoms with Crippen LogP contribution in [-0.4, -0.2) is 5.11 Å². The first kappa shape index (κ1) is 14.3. The van der Waals surface area contributed by atoms with E-state index >= 15 is 0 Å². The molecule has 0 saturated heterocycles. The van der Waals surface area contributed by atoms with Gasteiger partial charge in [-0.15, -0.1) is 0 Å². The van der Waals surface area contributed by atoms with Gasteiger partial charge in [0.15, 0.2) is 0 Å². The Hall–Kier alpha value is -1.12. The van der Waals surface area contributed by atoms with Gasteiger partial charge in [-0.2, -0.15) is 0 Å². The maximum Gasteiger partial charge on any atom is 0.0835 e. The predicted octanol–water partition coefficient (Wildman–Crippen LogP) is 4.65. The number of halogens is 1. The Balaban J connectivity index is 2.25. The van der Waals surface area contributed by atoms with Crippen LogP contribution in [0.15, 0.2) is 40.9 Å². The van der Waals surface area contributed by atoms with Crippen molar-refractivity contribution in [2.75, 3.05) is 0 Å². The second kappa shape index (κ2) is 5.89. The van der Waals surface area contributed by atoms with Crippen molar-refractivity contribution in [3.8, 4) is 0 Å². The van der Waals surface area contributed by atoms with Crippen molar-refractivity contribution in [2.45, 2.75) is 33.3 Å². The minimum absolute atomic E-state index is 0.443. The summed E-state index contributed by atoms with van der Waals surface area (Å²) >= 11 is 3.43. The minimum atomic E-state index is -0.443. The van der Waals surface area contributed by atoms with Crippen LogP contribution in [0.1, 0.15) is 33.9 Å². The molecule has 19 heavy (non-hydrogen) atoms. The fourth-order valence-corrected chi connectivity index (χ4v) is 2.93. The summed E-state index contributed by atoms with van der Waals surface area (Å²) in [7, 11) is 0. The van der Waals surface area contributed by atoms with Crippen LogP contribution in [-0.2, 0) is 6.42 Å². The third-order valence-corrected chi connectivity index (χ3v) is 3.94. The van der Waals surface area contributed by atoms with E-state index in [4.69, 9.17) is 0 Å². The first-order valence-corrected chi connectivity index (χ1v) is 7.27. The van der Waals surface area contributed by atoms with Gasteiger partial charge in [0.2, 0.25) is 0 Å². The van der Waals surface area contributed by atoms with Gasteiger partial charge in [-0.1, -0.05) is 45.8 Å². The fraction of sp³-hybridized carbons (Fsp3) is 0.294. The van der Waals surface area contributed by atoms with Crippen molar-refractivity contribution < 1.29 is 5.11 Å². The van der Waals surface area contributed by atoms with Gasteiger partial charge in [0, 0.05) is 10.9 Å². The van der Waals surface area contributed by atoms with Crippen molar-refractivity contribution >= 4 is 15.9 Å². The molecule has 1 nitrogen and oxygen atoms in total. The Bertz CT molecular complexity index is 549. The van der Waals surface area contributed by atoms with Gasteiger partial charge in [-0.05, 0) is 55.2 Å². The van der Waals surface area contributed by atoms with Gasteiger partial charge < -0.3 is 5.11 Å². The quantitative estimate of drug-likeness (QED) is 0.873. The molecule has 0 amide bonds. The summed E-state index contributed by atoms with van der Waals surface area (Å²) in [5, 5.41) is 10.5. The van der Waals surface area contributed by atoms with E-state index in [-0.39, 0.29) is 0 Å². The highest BCUT2D eigenvalue weighted by Crippen LogP contribution is 2.26. The molecule has 1 unspecified atom stereocenters. The Kier molecular flexibility index (Phi) is 4.43. The van der Waals surface area contributed by atoms with Crippen molar-refractivity contribution in [1.29, 1.82) is 0 Å². The Morgan fingerprint density at radius 1 is 1.00 bits per heavy atom. The normalized spacial score (nSPS) is 12.5. The highest BCUT2D eigenvalue weighted by molar-refractivity contribution is 9.10. The van der Waals surface area contributed by atoms with E-state index in [1.54, 1.807) is 0 Å². The number of aliphatic hydroxyl groups is 1. The highest BCUT2D eigenvalue weighted by atomic mass is 79.9. The van der Waals surface area contributed by atoms with Gasteiger partial charge in [0.1, 0.15) is 0 Å². The van der Waals surface area contributed by atoms with Crippen LogP contribution in [0.25, 0.3) is 0 Å². The zero-order valence-corrected chi connectivity index (χ0v) is 13.2. The Morgan fingerprint density at radius 3 is 2.05 bits per heavy atom. The highest BCUT2D eigenvalue weighted by Gasteiger charge is 2.14. The molecule has 2 aromatic rings. The summed E-state index contributed by atoms with van der Waals surface area (Å²) in [6, 6.07) is 12.4. The molecule has 2 aromatic carbocycles. The molecule has 0 spiro atoms. The van der Waals surface area contributed by atoms with E-state index in [0.717, 1.165) is 15.6 Å². The maximum atomic E-state index is 10.5. The molecule has 0 saturated carbocycles. The van der Waals surface area contributed by atoms with Gasteiger partial charge in [0.25, 0.3) is 0 Å². The topological polar surface area (TPSA) is 20.2 Å². The lowest BCUT2D eigenvalue weighted by molar-refractivity contribution is 0.177. The standard InChI is InChI=1S/C17H19BrO/c1-11-8-12(2)17(13(3)9-11)16(19)10-14-4-6-15(18)7-5-14/h4-9,16,19H,10H2,1-3H3. The lowest BCUT2D eigenvalue weighted by Gasteiger charge is -2.17. The number of benzene rings is 2. The molecule has 0 bridgehead atoms. The van der Waals surface area contributed by atoms with Crippen molar-refractivity contribution in [1.82, 2.24) is 0 Å². The van der Waals surface area contributed by atoms with Gasteiger partial charge >= 0.3 is 0 Å². The molecular weight excluding hydrogens is 300 g/mol. The average molecular weight is 319 g/mol. The van der Waals surface area contributed by atoms with Crippen LogP contribution < -0.4 is 0 Å². The zero-order chi connectivity index (χ0) is 14.0. The maximum absolute atomic E-state index is 10.5. The van der Waals surface area contributed by atoms with Gasteiger partial charge in [0.05, 0.1) is 6.10 Å². The van der Waals surface area contributed by atoms with Crippen molar-refractivity contribution in [3.63, 3.8) is 0 Å². The summed E-state index contributed by atoms with van der Waals surface area (Å²) in [6.45, 7) is 6.23. The third kappa shape index (κ3) is 3.46. The minimum Gasteiger partial charge on any atom is -0.388 e. The summed E-state index contributed by atoms with van der Waals surface area (Å²) in [5.41, 5.74) is 5.79. The molecule has 0 fully saturated rings. The van der Waals surface area contributed by atoms with Crippen LogP contribution in [0.4, 0.5) is 0 Å². The second-order valence-electron chi connectivity index (χ2n) is 5.16. The second-order valence-corrected chi connectivity index (χ2v) is 6.07. The van der Waals surface area contributed by atoms with Crippen LogP contribution in [0.3, 0.4) is 0 Å². The zero-order valence-electron chi connectivity index (χ0n) is 11.6. The number of rotatable bonds is 3.